The number of esters is 14. The molecule has 562 valence electrons. The maximum Gasteiger partial charge on any atom is 0.303 e. The summed E-state index contributed by atoms with van der Waals surface area (Å²) in [5.41, 5.74) is -2.10. The third-order valence-corrected chi connectivity index (χ3v) is 14.5. The number of carbonyl (C=O) groups excluding carboxylic acids is 16. The summed E-state index contributed by atoms with van der Waals surface area (Å²) in [5, 5.41) is 22.6. The zero-order valence-corrected chi connectivity index (χ0v) is 56.9. The topological polar surface area (TPSA) is 517 Å². The van der Waals surface area contributed by atoms with E-state index in [0.29, 0.717) is 0 Å². The predicted octanol–water partition coefficient (Wildman–Crippen LogP) is -1.04. The van der Waals surface area contributed by atoms with Crippen LogP contribution < -0.4 is 0 Å². The average Bonchev–Trinajstić information content (AvgIpc) is 0.750. The lowest BCUT2D eigenvalue weighted by molar-refractivity contribution is -0.360. The van der Waals surface area contributed by atoms with Gasteiger partial charge in [-0.05, 0) is 12.1 Å². The molecule has 4 aliphatic heterocycles. The van der Waals surface area contributed by atoms with Crippen molar-refractivity contribution in [1.29, 1.82) is 0 Å². The number of aromatic hydroxyl groups is 2. The van der Waals surface area contributed by atoms with E-state index in [1.54, 1.807) is 0 Å². The third-order valence-electron chi connectivity index (χ3n) is 14.5. The molecule has 4 fully saturated rings. The molecule has 0 radical (unpaired) electrons. The SMILES string of the molecule is CC(=O)OC[C@H]1O[C@H](O[C@H]2[C@H](OC(C)=O)[C@@H](OC(C)=O)[C@H](OC3=C(O[C@@H]4O[C@H](COC(C)=O)[C@@H](O[C@H]5O[C@H](COC(C)=O)[C@@H](OC(C)=O)[C@H](OC(C)=O)[C@H]5OC(C)=O)[C@H](OC(C)=O)[C@H]4OC(C)=O)C(=O)c4c(O)ccc(O)c4C3=O)O[C@@H]2COC(C)=O)[C@H](OC(C)=O)[C@@H](OC(C)=O)[C@@H]1OC(C)=O. The lowest BCUT2D eigenvalue weighted by Crippen LogP contribution is -2.67. The highest BCUT2D eigenvalue weighted by Gasteiger charge is 2.62. The number of fused-ring (bicyclic) bond motifs is 1. The first-order valence-electron chi connectivity index (χ1n) is 30.7. The van der Waals surface area contributed by atoms with Gasteiger partial charge in [-0.3, -0.25) is 76.7 Å². The minimum absolute atomic E-state index is 0.749. The van der Waals surface area contributed by atoms with E-state index >= 15 is 9.59 Å². The number of phenolic OH excluding ortho intramolecular Hbond substituents is 2. The normalized spacial score (nSPS) is 29.6. The van der Waals surface area contributed by atoms with Gasteiger partial charge in [-0.15, -0.1) is 0 Å². The Morgan fingerprint density at radius 3 is 0.716 bits per heavy atom. The van der Waals surface area contributed by atoms with Gasteiger partial charge in [0.25, 0.3) is 0 Å². The number of carbonyl (C=O) groups is 16. The Labute approximate surface area is 577 Å². The summed E-state index contributed by atoms with van der Waals surface area (Å²) in [4.78, 5) is 211. The molecule has 40 heteroatoms. The van der Waals surface area contributed by atoms with Gasteiger partial charge in [0.15, 0.2) is 61.4 Å². The summed E-state index contributed by atoms with van der Waals surface area (Å²) in [7, 11) is 0. The monoisotopic (exact) mass is 1460 g/mol. The van der Waals surface area contributed by atoms with Crippen LogP contribution in [0, 0.1) is 0 Å². The molecule has 4 heterocycles. The van der Waals surface area contributed by atoms with Gasteiger partial charge in [-0.2, -0.15) is 0 Å². The van der Waals surface area contributed by atoms with Gasteiger partial charge in [-0.1, -0.05) is 0 Å². The first kappa shape index (κ1) is 80.8. The van der Waals surface area contributed by atoms with E-state index in [-0.39, 0.29) is 0 Å². The van der Waals surface area contributed by atoms with E-state index in [0.717, 1.165) is 109 Å². The lowest BCUT2D eigenvalue weighted by Gasteiger charge is -2.49. The average molecular weight is 1460 g/mol. The van der Waals surface area contributed by atoms with Gasteiger partial charge in [0, 0.05) is 96.9 Å². The first-order chi connectivity index (χ1) is 47.8. The van der Waals surface area contributed by atoms with Crippen LogP contribution >= 0.6 is 0 Å². The van der Waals surface area contributed by atoms with Crippen molar-refractivity contribution in [2.75, 3.05) is 26.4 Å². The number of Topliss-reactive ketones (excluding diaryl/α,β-unsaturated/α-hetero) is 2. The Bertz CT molecular complexity index is 3230. The van der Waals surface area contributed by atoms with E-state index in [1.807, 2.05) is 0 Å². The maximum absolute atomic E-state index is 15.3. The summed E-state index contributed by atoms with van der Waals surface area (Å²) in [5.74, 6) is -23.9. The first-order valence-corrected chi connectivity index (χ1v) is 30.7. The number of benzene rings is 1. The van der Waals surface area contributed by atoms with Crippen LogP contribution in [-0.2, 0) is 171 Å². The Hall–Kier alpha value is -10.2. The quantitative estimate of drug-likeness (QED) is 0.0635. The molecule has 102 heavy (non-hydrogen) atoms. The van der Waals surface area contributed by atoms with Gasteiger partial charge < -0.3 is 114 Å². The summed E-state index contributed by atoms with van der Waals surface area (Å²) < 4.78 is 127. The minimum atomic E-state index is -2.55. The highest BCUT2D eigenvalue weighted by Crippen LogP contribution is 2.44. The molecule has 2 N–H and O–H groups in total. The van der Waals surface area contributed by atoms with Crippen LogP contribution in [-0.4, -0.2) is 255 Å². The summed E-state index contributed by atoms with van der Waals surface area (Å²) in [6.45, 7) is 8.67. The molecular formula is C62H74O40. The van der Waals surface area contributed by atoms with Crippen molar-refractivity contribution in [3.63, 3.8) is 0 Å². The molecule has 0 bridgehead atoms. The summed E-state index contributed by atoms with van der Waals surface area (Å²) in [6.07, 6.45) is -42.1. The van der Waals surface area contributed by atoms with Crippen molar-refractivity contribution >= 4 is 95.1 Å². The van der Waals surface area contributed by atoms with Gasteiger partial charge in [0.1, 0.15) is 74.6 Å². The number of rotatable bonds is 26. The highest BCUT2D eigenvalue weighted by atomic mass is 16.8. The number of ketones is 2. The van der Waals surface area contributed by atoms with E-state index in [4.69, 9.17) is 104 Å². The summed E-state index contributed by atoms with van der Waals surface area (Å²) >= 11 is 0. The van der Waals surface area contributed by atoms with E-state index < -0.39 is 279 Å². The zero-order valence-electron chi connectivity index (χ0n) is 56.9. The van der Waals surface area contributed by atoms with Gasteiger partial charge >= 0.3 is 83.6 Å². The molecule has 0 saturated carbocycles. The van der Waals surface area contributed by atoms with Crippen LogP contribution in [0.1, 0.15) is 118 Å². The maximum atomic E-state index is 15.3. The molecule has 1 aromatic rings. The van der Waals surface area contributed by atoms with Crippen LogP contribution in [0.25, 0.3) is 0 Å². The Balaban J connectivity index is 1.58. The van der Waals surface area contributed by atoms with Crippen LogP contribution in [0.3, 0.4) is 0 Å². The van der Waals surface area contributed by atoms with E-state index in [9.17, 15) is 77.3 Å². The zero-order chi connectivity index (χ0) is 76.0. The number of phenols is 2. The van der Waals surface area contributed by atoms with Crippen molar-refractivity contribution < 1.29 is 191 Å². The largest absolute Gasteiger partial charge is 0.507 e. The van der Waals surface area contributed by atoms with Crippen LogP contribution in [0.2, 0.25) is 0 Å². The second-order valence-electron chi connectivity index (χ2n) is 22.7. The van der Waals surface area contributed by atoms with Crippen molar-refractivity contribution in [3.05, 3.63) is 34.8 Å². The molecule has 1 aromatic carbocycles. The van der Waals surface area contributed by atoms with Crippen LogP contribution in [0.5, 0.6) is 11.5 Å². The van der Waals surface area contributed by atoms with Gasteiger partial charge in [-0.25, -0.2) is 0 Å². The Morgan fingerprint density at radius 1 is 0.284 bits per heavy atom. The van der Waals surface area contributed by atoms with Gasteiger partial charge in [0.2, 0.25) is 47.9 Å². The second kappa shape index (κ2) is 35.4. The molecule has 0 spiro atoms. The fourth-order valence-corrected chi connectivity index (χ4v) is 11.1. The summed E-state index contributed by atoms with van der Waals surface area (Å²) in [6, 6.07) is 1.50. The van der Waals surface area contributed by atoms with E-state index in [2.05, 4.69) is 0 Å². The molecule has 5 aliphatic rings. The Kier molecular flexibility index (Phi) is 28.1. The molecule has 1 aliphatic carbocycles. The molecule has 6 rings (SSSR count). The molecule has 20 atom stereocenters. The van der Waals surface area contributed by atoms with Crippen LogP contribution in [0.4, 0.5) is 0 Å². The number of ether oxygens (including phenoxy) is 22. The smallest absolute Gasteiger partial charge is 0.303 e. The number of hydrogen-bond acceptors (Lipinski definition) is 40. The van der Waals surface area contributed by atoms with Crippen molar-refractivity contribution in [2.45, 2.75) is 220 Å². The fraction of sp³-hybridized carbons (Fsp3) is 0.613. The predicted molar refractivity (Wildman–Crippen MR) is 314 cm³/mol. The fourth-order valence-electron chi connectivity index (χ4n) is 11.1. The van der Waals surface area contributed by atoms with Crippen molar-refractivity contribution in [1.82, 2.24) is 0 Å². The minimum Gasteiger partial charge on any atom is -0.507 e. The molecule has 0 amide bonds. The third kappa shape index (κ3) is 21.2. The second-order valence-corrected chi connectivity index (χ2v) is 22.7. The van der Waals surface area contributed by atoms with Gasteiger partial charge in [0.05, 0.1) is 11.1 Å². The lowest BCUT2D eigenvalue weighted by atomic mass is 9.90. The molecule has 40 nitrogen and oxygen atoms in total. The van der Waals surface area contributed by atoms with Crippen LogP contribution in [0.15, 0.2) is 23.7 Å². The molecule has 0 aromatic heterocycles. The number of hydrogen-bond donors (Lipinski definition) is 2. The molecule has 0 unspecified atom stereocenters. The highest BCUT2D eigenvalue weighted by molar-refractivity contribution is 6.27. The van der Waals surface area contributed by atoms with E-state index in [1.165, 1.54) is 0 Å². The van der Waals surface area contributed by atoms with Crippen molar-refractivity contribution in [3.8, 4) is 11.5 Å². The molecular weight excluding hydrogens is 1380 g/mol. The Morgan fingerprint density at radius 2 is 0.480 bits per heavy atom. The van der Waals surface area contributed by atoms with Crippen molar-refractivity contribution in [2.24, 2.45) is 0 Å². The molecule has 4 saturated heterocycles. The number of allylic oxidation sites excluding steroid dienone is 2. The standard InChI is InChI=1S/C62H74O40/c1-21(63)81-17-37-45(85-25(5)67)51(87-27(7)69)55(91-31(11)73)59(95-37)99-47-39(19-83-23(3)65)97-61(57(93-33(13)75)53(47)89-29(9)71)101-49-43(79)41-35(77)15-16-36(78)42(41)44(80)50(49)102-62-58(94-34(14)76)54(90-30(10)72)48(40(98-62)20-84-24(4)66)100-60-56(92-32(12)74)52(88-28(8)70)46(86-26(6)68)38(96-60)18-82-22(2)64/h15-16,37-40,45-48,51-62,77-78H,17-20H2,1-14H3/t37-,38-,39-,40-,45-,46-,47-,48-,51+,52+,53+,54+,55-,56-,57-,58-,59-,60-,61+,62+/m1/s1.